The van der Waals surface area contributed by atoms with E-state index in [1.54, 1.807) is 0 Å². The average Bonchev–Trinajstić information content (AvgIpc) is 3.01. The molecule has 0 amide bonds. The number of allylic oxidation sites excluding steroid dienone is 1. The summed E-state index contributed by atoms with van der Waals surface area (Å²) in [6, 6.07) is 3.06. The number of hydrogen-bond donors (Lipinski definition) is 1. The molecule has 3 heterocycles. The van der Waals surface area contributed by atoms with Gasteiger partial charge in [-0.2, -0.15) is 18.2 Å². The van der Waals surface area contributed by atoms with Crippen LogP contribution in [0.15, 0.2) is 57.8 Å². The Balaban J connectivity index is 2.42. The summed E-state index contributed by atoms with van der Waals surface area (Å²) in [4.78, 5) is 58.7. The number of esters is 3. The second kappa shape index (κ2) is 16.1. The number of thioether (sulfide) groups is 1. The summed E-state index contributed by atoms with van der Waals surface area (Å²) >= 11 is 0.649. The Morgan fingerprint density at radius 2 is 1.70 bits per heavy atom. The maximum atomic E-state index is 14.4. The Hall–Kier alpha value is -3.86. The van der Waals surface area contributed by atoms with Crippen molar-refractivity contribution in [3.8, 4) is 0 Å². The van der Waals surface area contributed by atoms with E-state index in [-0.39, 0.29) is 24.6 Å². The lowest BCUT2D eigenvalue weighted by Crippen LogP contribution is -2.51. The van der Waals surface area contributed by atoms with Gasteiger partial charge in [0, 0.05) is 42.4 Å². The van der Waals surface area contributed by atoms with Gasteiger partial charge in [-0.15, -0.1) is 11.8 Å². The van der Waals surface area contributed by atoms with E-state index in [1.807, 2.05) is 0 Å². The summed E-state index contributed by atoms with van der Waals surface area (Å²) < 4.78 is 70.6. The summed E-state index contributed by atoms with van der Waals surface area (Å²) in [6.45, 7) is 3.29. The number of carbonyl (C=O) groups is 4. The number of rotatable bonds is 14. The van der Waals surface area contributed by atoms with Crippen LogP contribution in [-0.2, 0) is 59.5 Å². The van der Waals surface area contributed by atoms with Gasteiger partial charge in [-0.1, -0.05) is 12.1 Å². The van der Waals surface area contributed by atoms with Crippen LogP contribution in [0.2, 0.25) is 0 Å². The molecule has 3 aliphatic rings. The van der Waals surface area contributed by atoms with Gasteiger partial charge in [0.05, 0.1) is 37.3 Å². The molecule has 1 atom stereocenters. The molecule has 4 rings (SSSR count). The van der Waals surface area contributed by atoms with Crippen molar-refractivity contribution >= 4 is 35.6 Å². The van der Waals surface area contributed by atoms with Crippen LogP contribution in [0.25, 0.3) is 0 Å². The molecule has 3 aliphatic heterocycles. The molecule has 1 aromatic carbocycles. The highest BCUT2D eigenvalue weighted by Gasteiger charge is 2.59. The van der Waals surface area contributed by atoms with Gasteiger partial charge in [-0.25, -0.2) is 19.2 Å². The third-order valence-electron chi connectivity index (χ3n) is 6.78. The summed E-state index contributed by atoms with van der Waals surface area (Å²) in [7, 11) is 0.987. The van der Waals surface area contributed by atoms with E-state index in [0.29, 0.717) is 50.4 Å². The van der Waals surface area contributed by atoms with Crippen molar-refractivity contribution < 1.29 is 60.9 Å². The molecule has 0 fully saturated rings. The second-order valence-corrected chi connectivity index (χ2v) is 10.5. The van der Waals surface area contributed by atoms with Crippen LogP contribution in [-0.4, -0.2) is 81.9 Å². The Bertz CT molecular complexity index is 1430. The Labute approximate surface area is 267 Å². The van der Waals surface area contributed by atoms with Gasteiger partial charge in [0.15, 0.2) is 0 Å². The largest absolute Gasteiger partial charge is 0.465 e. The van der Waals surface area contributed by atoms with Gasteiger partial charge < -0.3 is 34.3 Å². The lowest BCUT2D eigenvalue weighted by atomic mass is 9.74. The van der Waals surface area contributed by atoms with E-state index in [2.05, 4.69) is 0 Å². The van der Waals surface area contributed by atoms with Gasteiger partial charge in [-0.05, 0) is 45.6 Å². The van der Waals surface area contributed by atoms with Crippen LogP contribution in [0, 0.1) is 0 Å². The van der Waals surface area contributed by atoms with E-state index < -0.39 is 69.4 Å². The van der Waals surface area contributed by atoms with Crippen LogP contribution in [0.1, 0.15) is 37.8 Å². The molecule has 1 aromatic rings. The zero-order chi connectivity index (χ0) is 34.1. The van der Waals surface area contributed by atoms with Crippen LogP contribution in [0.4, 0.5) is 13.2 Å². The number of benzene rings is 1. The monoisotopic (exact) mass is 672 g/mol. The zero-order valence-electron chi connectivity index (χ0n) is 25.7. The first-order valence-electron chi connectivity index (χ1n) is 14.1. The summed E-state index contributed by atoms with van der Waals surface area (Å²) in [6.07, 6.45) is -1.10. The molecule has 0 saturated heterocycles. The highest BCUT2D eigenvalue weighted by atomic mass is 32.2. The van der Waals surface area contributed by atoms with Gasteiger partial charge in [0.25, 0.3) is 0 Å². The van der Waals surface area contributed by atoms with Crippen molar-refractivity contribution in [1.29, 1.82) is 0 Å². The number of hydrogen-bond acceptors (Lipinski definition) is 13. The van der Waals surface area contributed by atoms with Crippen molar-refractivity contribution in [3.05, 3.63) is 64.0 Å². The number of alkyl halides is 3. The molecule has 0 radical (unpaired) electrons. The number of hydroxylamine groups is 2. The Morgan fingerprint density at radius 1 is 1.02 bits per heavy atom. The number of nitrogens with two attached hydrogens (primary N) is 1. The van der Waals surface area contributed by atoms with E-state index in [0.717, 1.165) is 30.4 Å². The maximum absolute atomic E-state index is 14.4. The molecule has 2 bridgehead atoms. The van der Waals surface area contributed by atoms with Crippen molar-refractivity contribution in [2.45, 2.75) is 43.4 Å². The van der Waals surface area contributed by atoms with Crippen LogP contribution in [0.3, 0.4) is 0 Å². The molecule has 12 nitrogen and oxygen atoms in total. The molecular weight excluding hydrogens is 637 g/mol. The van der Waals surface area contributed by atoms with Gasteiger partial charge >= 0.3 is 30.1 Å². The third-order valence-corrected chi connectivity index (χ3v) is 7.62. The maximum Gasteiger partial charge on any atom is 0.417 e. The highest BCUT2D eigenvalue weighted by molar-refractivity contribution is 7.98. The third kappa shape index (κ3) is 7.74. The number of nitrogens with zero attached hydrogens (tertiary/aromatic N) is 1. The first-order valence-corrected chi connectivity index (χ1v) is 15.3. The van der Waals surface area contributed by atoms with Crippen molar-refractivity contribution in [3.63, 3.8) is 0 Å². The van der Waals surface area contributed by atoms with E-state index in [4.69, 9.17) is 34.3 Å². The number of methoxy groups -OCH3 is 1. The molecule has 0 spiro atoms. The SMILES string of the molecule is CCOC(=O)C1=C(COCCCOCCCN)N2OC(=O)/C=C/C(=O)OC1(c1cccc(C(F)(F)F)c1SC)C(C(=O)OC)=C2C. The predicted molar refractivity (Wildman–Crippen MR) is 156 cm³/mol. The fraction of sp³-hybridized carbons (Fsp3) is 0.467. The molecular formula is C30H35F3N2O10S. The normalized spacial score (nSPS) is 19.2. The Kier molecular flexibility index (Phi) is 12.8. The van der Waals surface area contributed by atoms with Gasteiger partial charge in [0.1, 0.15) is 11.1 Å². The zero-order valence-corrected chi connectivity index (χ0v) is 26.5. The minimum absolute atomic E-state index is 0.0585. The molecule has 252 valence electrons. The molecule has 16 heteroatoms. The molecule has 0 saturated carbocycles. The predicted octanol–water partition coefficient (Wildman–Crippen LogP) is 3.55. The number of fused-ring (bicyclic) bond motifs is 4. The molecule has 46 heavy (non-hydrogen) atoms. The topological polar surface area (TPSA) is 153 Å². The molecule has 0 aromatic heterocycles. The summed E-state index contributed by atoms with van der Waals surface area (Å²) in [5.41, 5.74) is -0.499. The van der Waals surface area contributed by atoms with Crippen molar-refractivity contribution in [2.75, 3.05) is 52.9 Å². The standard InChI is InChI=1S/C30H35F3N2O10S/c1-5-43-28(39)25-21(17-42-16-8-15-41-14-7-13-34)35-18(2)24(27(38)40-3)29(25,44-22(36)11-12-23(37)45-35)19-9-6-10-20(26(19)46-4)30(31,32)33/h6,9-12H,5,7-8,13-17,34H2,1-4H3/b12-11+. The fourth-order valence-corrected chi connectivity index (χ4v) is 5.78. The van der Waals surface area contributed by atoms with Crippen LogP contribution in [0.5, 0.6) is 0 Å². The fourth-order valence-electron chi connectivity index (χ4n) is 4.95. The minimum atomic E-state index is -4.89. The smallest absolute Gasteiger partial charge is 0.417 e. The second-order valence-electron chi connectivity index (χ2n) is 9.68. The van der Waals surface area contributed by atoms with E-state index in [1.165, 1.54) is 26.2 Å². The summed E-state index contributed by atoms with van der Waals surface area (Å²) in [5.74, 6) is -4.78. The van der Waals surface area contributed by atoms with Gasteiger partial charge in [0.2, 0.25) is 5.60 Å². The summed E-state index contributed by atoms with van der Waals surface area (Å²) in [5, 5.41) is 0.826. The molecule has 2 N–H and O–H groups in total. The quantitative estimate of drug-likeness (QED) is 0.133. The number of ether oxygens (including phenoxy) is 5. The van der Waals surface area contributed by atoms with E-state index in [9.17, 15) is 32.3 Å². The number of halogens is 3. The van der Waals surface area contributed by atoms with Crippen molar-refractivity contribution in [2.24, 2.45) is 5.73 Å². The van der Waals surface area contributed by atoms with Crippen molar-refractivity contribution in [1.82, 2.24) is 5.06 Å². The highest BCUT2D eigenvalue weighted by Crippen LogP contribution is 2.53. The van der Waals surface area contributed by atoms with E-state index >= 15 is 0 Å². The van der Waals surface area contributed by atoms with Gasteiger partial charge in [-0.3, -0.25) is 0 Å². The minimum Gasteiger partial charge on any atom is -0.465 e. The van der Waals surface area contributed by atoms with Crippen LogP contribution >= 0.6 is 11.8 Å². The van der Waals surface area contributed by atoms with Crippen LogP contribution < -0.4 is 5.73 Å². The molecule has 0 aliphatic carbocycles. The molecule has 1 unspecified atom stereocenters. The number of carbonyl (C=O) groups excluding carboxylic acids is 4. The Morgan fingerprint density at radius 3 is 2.33 bits per heavy atom. The first-order chi connectivity index (χ1) is 21.9. The lowest BCUT2D eigenvalue weighted by Gasteiger charge is -2.44. The average molecular weight is 673 g/mol. The lowest BCUT2D eigenvalue weighted by molar-refractivity contribution is -0.177. The first kappa shape index (κ1) is 36.6.